The van der Waals surface area contributed by atoms with Crippen molar-refractivity contribution in [2.24, 2.45) is 0 Å². The smallest absolute Gasteiger partial charge is 0.358 e. The first-order valence-corrected chi connectivity index (χ1v) is 5.17. The van der Waals surface area contributed by atoms with E-state index in [4.69, 9.17) is 5.73 Å². The highest BCUT2D eigenvalue weighted by atomic mass is 79.9. The SMILES string of the molecule is CCOC(=O)c1nc(N)c(C(F)F)cc1Br. The number of ether oxygens (including phenoxy) is 1. The van der Waals surface area contributed by atoms with Gasteiger partial charge in [0.2, 0.25) is 0 Å². The van der Waals surface area contributed by atoms with E-state index < -0.39 is 18.0 Å². The van der Waals surface area contributed by atoms with Crippen LogP contribution in [0.15, 0.2) is 10.5 Å². The molecule has 1 aromatic heterocycles. The normalized spacial score (nSPS) is 10.6. The van der Waals surface area contributed by atoms with E-state index in [0.717, 1.165) is 6.07 Å². The van der Waals surface area contributed by atoms with Gasteiger partial charge >= 0.3 is 5.97 Å². The molecule has 0 radical (unpaired) electrons. The molecule has 0 unspecified atom stereocenters. The summed E-state index contributed by atoms with van der Waals surface area (Å²) < 4.78 is 29.7. The Hall–Kier alpha value is -1.24. The molecule has 88 valence electrons. The summed E-state index contributed by atoms with van der Waals surface area (Å²) in [5.41, 5.74) is 4.78. The second-order valence-corrected chi connectivity index (χ2v) is 3.67. The molecule has 0 saturated carbocycles. The number of nitrogens with zero attached hydrogens (tertiary/aromatic N) is 1. The molecule has 0 aromatic carbocycles. The van der Waals surface area contributed by atoms with Gasteiger partial charge in [-0.3, -0.25) is 0 Å². The van der Waals surface area contributed by atoms with Crippen LogP contribution in [0.4, 0.5) is 14.6 Å². The molecule has 0 fully saturated rings. The standard InChI is InChI=1S/C9H9BrF2N2O2/c1-2-16-9(15)6-5(10)3-4(7(11)12)8(13)14-6/h3,7H,2H2,1H3,(H2,13,14). The van der Waals surface area contributed by atoms with Gasteiger partial charge in [0.15, 0.2) is 5.69 Å². The number of esters is 1. The first-order valence-electron chi connectivity index (χ1n) is 4.38. The summed E-state index contributed by atoms with van der Waals surface area (Å²) >= 11 is 2.97. The zero-order chi connectivity index (χ0) is 12.3. The Kier molecular flexibility index (Phi) is 4.17. The lowest BCUT2D eigenvalue weighted by Gasteiger charge is -2.08. The fourth-order valence-electron chi connectivity index (χ4n) is 1.03. The van der Waals surface area contributed by atoms with E-state index in [1.54, 1.807) is 6.92 Å². The number of hydrogen-bond donors (Lipinski definition) is 1. The summed E-state index contributed by atoms with van der Waals surface area (Å²) in [6, 6.07) is 1.07. The van der Waals surface area contributed by atoms with Crippen molar-refractivity contribution in [3.05, 3.63) is 21.8 Å². The molecule has 0 amide bonds. The Bertz CT molecular complexity index is 413. The number of halogens is 3. The molecule has 16 heavy (non-hydrogen) atoms. The van der Waals surface area contributed by atoms with Crippen molar-refractivity contribution in [1.29, 1.82) is 0 Å². The van der Waals surface area contributed by atoms with Crippen molar-refractivity contribution < 1.29 is 18.3 Å². The average molecular weight is 295 g/mol. The number of pyridine rings is 1. The molecule has 1 rings (SSSR count). The Morgan fingerprint density at radius 2 is 2.31 bits per heavy atom. The van der Waals surface area contributed by atoms with Crippen LogP contribution in [0.5, 0.6) is 0 Å². The van der Waals surface area contributed by atoms with Gasteiger partial charge in [0, 0.05) is 0 Å². The van der Waals surface area contributed by atoms with Gasteiger partial charge in [-0.2, -0.15) is 0 Å². The number of rotatable bonds is 3. The second kappa shape index (κ2) is 5.20. The molecule has 0 atom stereocenters. The van der Waals surface area contributed by atoms with E-state index in [2.05, 4.69) is 25.7 Å². The summed E-state index contributed by atoms with van der Waals surface area (Å²) in [7, 11) is 0. The zero-order valence-electron chi connectivity index (χ0n) is 8.34. The molecule has 0 spiro atoms. The van der Waals surface area contributed by atoms with Crippen LogP contribution in [0.25, 0.3) is 0 Å². The van der Waals surface area contributed by atoms with Gasteiger partial charge in [0.05, 0.1) is 16.6 Å². The zero-order valence-corrected chi connectivity index (χ0v) is 9.92. The van der Waals surface area contributed by atoms with Crippen LogP contribution in [0.3, 0.4) is 0 Å². The lowest BCUT2D eigenvalue weighted by molar-refractivity contribution is 0.0518. The summed E-state index contributed by atoms with van der Waals surface area (Å²) in [5.74, 6) is -1.08. The van der Waals surface area contributed by atoms with Crippen molar-refractivity contribution in [1.82, 2.24) is 4.98 Å². The van der Waals surface area contributed by atoms with Crippen molar-refractivity contribution in [2.75, 3.05) is 12.3 Å². The van der Waals surface area contributed by atoms with E-state index in [0.29, 0.717) is 0 Å². The highest BCUT2D eigenvalue weighted by Gasteiger charge is 2.20. The maximum atomic E-state index is 12.4. The molecule has 0 aliphatic heterocycles. The van der Waals surface area contributed by atoms with Crippen LogP contribution in [-0.4, -0.2) is 17.6 Å². The maximum Gasteiger partial charge on any atom is 0.358 e. The number of hydrogen-bond acceptors (Lipinski definition) is 4. The number of carbonyl (C=O) groups is 1. The molecule has 1 aromatic rings. The summed E-state index contributed by atoms with van der Waals surface area (Å²) in [4.78, 5) is 14.9. The molecule has 0 bridgehead atoms. The Labute approximate surface area is 98.9 Å². The fraction of sp³-hybridized carbons (Fsp3) is 0.333. The molecule has 4 nitrogen and oxygen atoms in total. The van der Waals surface area contributed by atoms with Crippen molar-refractivity contribution >= 4 is 27.7 Å². The van der Waals surface area contributed by atoms with E-state index in [-0.39, 0.29) is 22.6 Å². The van der Waals surface area contributed by atoms with Gasteiger partial charge in [0.1, 0.15) is 5.82 Å². The van der Waals surface area contributed by atoms with Gasteiger partial charge in [-0.1, -0.05) is 0 Å². The van der Waals surface area contributed by atoms with Crippen LogP contribution in [-0.2, 0) is 4.74 Å². The molecule has 0 aliphatic rings. The number of nitrogens with two attached hydrogens (primary N) is 1. The molecule has 1 heterocycles. The Morgan fingerprint density at radius 1 is 1.69 bits per heavy atom. The lowest BCUT2D eigenvalue weighted by Crippen LogP contribution is -2.11. The monoisotopic (exact) mass is 294 g/mol. The minimum Gasteiger partial charge on any atom is -0.461 e. The number of anilines is 1. The van der Waals surface area contributed by atoms with Gasteiger partial charge in [0.25, 0.3) is 6.43 Å². The van der Waals surface area contributed by atoms with Gasteiger partial charge < -0.3 is 10.5 Å². The van der Waals surface area contributed by atoms with Gasteiger partial charge in [-0.25, -0.2) is 18.6 Å². The summed E-state index contributed by atoms with van der Waals surface area (Å²) in [5, 5.41) is 0. The first kappa shape index (κ1) is 12.8. The molecule has 2 N–H and O–H groups in total. The summed E-state index contributed by atoms with van der Waals surface area (Å²) in [6.07, 6.45) is -2.74. The highest BCUT2D eigenvalue weighted by Crippen LogP contribution is 2.28. The predicted octanol–water partition coefficient (Wildman–Crippen LogP) is 2.54. The largest absolute Gasteiger partial charge is 0.461 e. The number of carbonyl (C=O) groups excluding carboxylic acids is 1. The van der Waals surface area contributed by atoms with Crippen molar-refractivity contribution in [3.63, 3.8) is 0 Å². The van der Waals surface area contributed by atoms with E-state index >= 15 is 0 Å². The molecule has 0 aliphatic carbocycles. The van der Waals surface area contributed by atoms with Gasteiger partial charge in [-0.15, -0.1) is 0 Å². The molecular formula is C9H9BrF2N2O2. The Balaban J connectivity index is 3.15. The van der Waals surface area contributed by atoms with Crippen LogP contribution >= 0.6 is 15.9 Å². The van der Waals surface area contributed by atoms with Crippen LogP contribution < -0.4 is 5.73 Å². The topological polar surface area (TPSA) is 65.2 Å². The summed E-state index contributed by atoms with van der Waals surface area (Å²) in [6.45, 7) is 1.80. The lowest BCUT2D eigenvalue weighted by atomic mass is 10.2. The third-order valence-electron chi connectivity index (χ3n) is 1.74. The molecular weight excluding hydrogens is 286 g/mol. The number of alkyl halides is 2. The third-order valence-corrected chi connectivity index (χ3v) is 2.34. The second-order valence-electron chi connectivity index (χ2n) is 2.81. The quantitative estimate of drug-likeness (QED) is 0.870. The maximum absolute atomic E-state index is 12.4. The minimum atomic E-state index is -2.74. The van der Waals surface area contributed by atoms with E-state index in [9.17, 15) is 13.6 Å². The number of nitrogen functional groups attached to an aromatic ring is 1. The third kappa shape index (κ3) is 2.66. The van der Waals surface area contributed by atoms with Crippen molar-refractivity contribution in [2.45, 2.75) is 13.3 Å². The average Bonchev–Trinajstić information content (AvgIpc) is 2.20. The fourth-order valence-corrected chi connectivity index (χ4v) is 1.53. The van der Waals surface area contributed by atoms with Gasteiger partial charge in [-0.05, 0) is 28.9 Å². The predicted molar refractivity (Wildman–Crippen MR) is 57.3 cm³/mol. The molecule has 7 heteroatoms. The minimum absolute atomic E-state index is 0.108. The first-order chi connectivity index (χ1) is 7.47. The van der Waals surface area contributed by atoms with E-state index in [1.807, 2.05) is 0 Å². The molecule has 0 saturated heterocycles. The van der Waals surface area contributed by atoms with Crippen LogP contribution in [0.1, 0.15) is 29.4 Å². The number of aromatic nitrogens is 1. The van der Waals surface area contributed by atoms with Crippen LogP contribution in [0.2, 0.25) is 0 Å². The van der Waals surface area contributed by atoms with Crippen molar-refractivity contribution in [3.8, 4) is 0 Å². The van der Waals surface area contributed by atoms with E-state index in [1.165, 1.54) is 0 Å². The Morgan fingerprint density at radius 3 is 2.81 bits per heavy atom. The highest BCUT2D eigenvalue weighted by molar-refractivity contribution is 9.10. The van der Waals surface area contributed by atoms with Crippen LogP contribution in [0, 0.1) is 0 Å².